The molecule has 0 saturated carbocycles. The maximum atomic E-state index is 11.5. The first-order chi connectivity index (χ1) is 6.16. The average Bonchev–Trinajstić information content (AvgIpc) is 2.26. The summed E-state index contributed by atoms with van der Waals surface area (Å²) in [5.41, 5.74) is 0.897. The van der Waals surface area contributed by atoms with E-state index in [1.165, 1.54) is 13.2 Å². The minimum atomic E-state index is -0.0591. The predicted molar refractivity (Wildman–Crippen MR) is 53.4 cm³/mol. The fourth-order valence-electron chi connectivity index (χ4n) is 1.27. The number of hydrogen-bond donors (Lipinski definition) is 0. The second kappa shape index (κ2) is 4.08. The van der Waals surface area contributed by atoms with Crippen LogP contribution in [0.25, 0.3) is 0 Å². The van der Waals surface area contributed by atoms with Gasteiger partial charge in [-0.05, 0) is 12.0 Å². The van der Waals surface area contributed by atoms with E-state index in [1.54, 1.807) is 6.07 Å². The Kier molecular flexibility index (Phi) is 3.07. The van der Waals surface area contributed by atoms with Gasteiger partial charge in [0.2, 0.25) is 5.43 Å². The van der Waals surface area contributed by atoms with Crippen LogP contribution in [0.1, 0.15) is 25.3 Å². The molecule has 0 atom stereocenters. The summed E-state index contributed by atoms with van der Waals surface area (Å²) in [6.45, 7) is 4.08. The van der Waals surface area contributed by atoms with Crippen molar-refractivity contribution in [3.05, 3.63) is 40.1 Å². The molecular weight excluding hydrogens is 164 g/mol. The van der Waals surface area contributed by atoms with Crippen molar-refractivity contribution in [2.45, 2.75) is 19.8 Å². The molecule has 0 spiro atoms. The van der Waals surface area contributed by atoms with Crippen molar-refractivity contribution in [2.24, 2.45) is 0 Å². The molecule has 0 aromatic heterocycles. The molecule has 1 rings (SSSR count). The molecule has 0 radical (unpaired) electrons. The highest BCUT2D eigenvalue weighted by Crippen LogP contribution is 2.20. The monoisotopic (exact) mass is 178 g/mol. The molecule has 0 aliphatic heterocycles. The summed E-state index contributed by atoms with van der Waals surface area (Å²) in [7, 11) is 1.53. The van der Waals surface area contributed by atoms with Crippen molar-refractivity contribution in [3.63, 3.8) is 0 Å². The van der Waals surface area contributed by atoms with E-state index in [4.69, 9.17) is 4.74 Å². The maximum absolute atomic E-state index is 11.5. The molecular formula is C11H14O2. The molecule has 2 nitrogen and oxygen atoms in total. The average molecular weight is 178 g/mol. The van der Waals surface area contributed by atoms with Crippen molar-refractivity contribution in [2.75, 3.05) is 7.11 Å². The van der Waals surface area contributed by atoms with Crippen LogP contribution in [-0.2, 0) is 0 Å². The highest BCUT2D eigenvalue weighted by Gasteiger charge is 2.07. The Labute approximate surface area is 78.2 Å². The van der Waals surface area contributed by atoms with Gasteiger partial charge < -0.3 is 4.74 Å². The zero-order valence-electron chi connectivity index (χ0n) is 8.20. The highest BCUT2D eigenvalue weighted by molar-refractivity contribution is 5.34. The lowest BCUT2D eigenvalue weighted by molar-refractivity contribution is 0.404. The van der Waals surface area contributed by atoms with Crippen LogP contribution in [0.4, 0.5) is 0 Å². The van der Waals surface area contributed by atoms with E-state index in [2.05, 4.69) is 0 Å². The Bertz CT molecular complexity index is 342. The summed E-state index contributed by atoms with van der Waals surface area (Å²) in [5.74, 6) is 0.759. The second-order valence-electron chi connectivity index (χ2n) is 3.23. The summed E-state index contributed by atoms with van der Waals surface area (Å²) in [5, 5.41) is 0. The van der Waals surface area contributed by atoms with Gasteiger partial charge in [-0.15, -0.1) is 0 Å². The number of rotatable bonds is 2. The van der Waals surface area contributed by atoms with Crippen LogP contribution in [0.3, 0.4) is 0 Å². The van der Waals surface area contributed by atoms with Gasteiger partial charge in [-0.3, -0.25) is 4.79 Å². The van der Waals surface area contributed by atoms with Crippen molar-refractivity contribution in [3.8, 4) is 5.75 Å². The summed E-state index contributed by atoms with van der Waals surface area (Å²) in [6.07, 6.45) is 0. The van der Waals surface area contributed by atoms with Gasteiger partial charge in [0.25, 0.3) is 0 Å². The summed E-state index contributed by atoms with van der Waals surface area (Å²) in [6, 6.07) is 7.03. The maximum Gasteiger partial charge on any atom is 0.220 e. The molecule has 0 N–H and O–H groups in total. The number of methoxy groups -OCH3 is 1. The normalized spacial score (nSPS) is 10.2. The van der Waals surface area contributed by atoms with Gasteiger partial charge >= 0.3 is 0 Å². The zero-order valence-corrected chi connectivity index (χ0v) is 8.20. The third kappa shape index (κ3) is 2.08. The van der Waals surface area contributed by atoms with Crippen LogP contribution >= 0.6 is 0 Å². The molecule has 0 aliphatic carbocycles. The third-order valence-electron chi connectivity index (χ3n) is 1.95. The van der Waals surface area contributed by atoms with E-state index in [0.717, 1.165) is 5.56 Å². The molecule has 0 amide bonds. The minimum absolute atomic E-state index is 0.0591. The zero-order chi connectivity index (χ0) is 9.84. The molecule has 0 unspecified atom stereocenters. The van der Waals surface area contributed by atoms with Crippen LogP contribution in [-0.4, -0.2) is 7.11 Å². The molecule has 0 aliphatic rings. The Morgan fingerprint density at radius 3 is 2.38 bits per heavy atom. The first-order valence-electron chi connectivity index (χ1n) is 4.34. The first-order valence-corrected chi connectivity index (χ1v) is 4.34. The van der Waals surface area contributed by atoms with E-state index < -0.39 is 0 Å². The lowest BCUT2D eigenvalue weighted by Crippen LogP contribution is -2.04. The van der Waals surface area contributed by atoms with Crippen LogP contribution in [0.5, 0.6) is 5.75 Å². The van der Waals surface area contributed by atoms with Gasteiger partial charge in [-0.25, -0.2) is 0 Å². The van der Waals surface area contributed by atoms with Gasteiger partial charge in [-0.2, -0.15) is 0 Å². The van der Waals surface area contributed by atoms with Crippen molar-refractivity contribution < 1.29 is 4.74 Å². The molecule has 0 saturated heterocycles. The van der Waals surface area contributed by atoms with Crippen molar-refractivity contribution in [1.82, 2.24) is 0 Å². The Balaban J connectivity index is 3.43. The van der Waals surface area contributed by atoms with E-state index in [9.17, 15) is 4.79 Å². The fourth-order valence-corrected chi connectivity index (χ4v) is 1.27. The molecule has 2 heteroatoms. The van der Waals surface area contributed by atoms with E-state index in [1.807, 2.05) is 26.0 Å². The summed E-state index contributed by atoms with van der Waals surface area (Å²) in [4.78, 5) is 11.5. The van der Waals surface area contributed by atoms with E-state index in [-0.39, 0.29) is 5.43 Å². The molecule has 0 heterocycles. The van der Waals surface area contributed by atoms with Crippen LogP contribution in [0, 0.1) is 0 Å². The lowest BCUT2D eigenvalue weighted by Gasteiger charge is -2.06. The fraction of sp³-hybridized carbons (Fsp3) is 0.364. The largest absolute Gasteiger partial charge is 0.492 e. The predicted octanol–water partition coefficient (Wildman–Crippen LogP) is 2.18. The molecule has 1 aromatic carbocycles. The second-order valence-corrected chi connectivity index (χ2v) is 3.23. The van der Waals surface area contributed by atoms with E-state index >= 15 is 0 Å². The standard InChI is InChI=1S/C11H14O2/c1-8(2)9-6-4-5-7-10(12)11(9)13-3/h4-8H,1-3H3. The van der Waals surface area contributed by atoms with Gasteiger partial charge in [-0.1, -0.05) is 32.0 Å². The minimum Gasteiger partial charge on any atom is -0.492 e. The Hall–Kier alpha value is -1.31. The molecule has 70 valence electrons. The van der Waals surface area contributed by atoms with E-state index in [0.29, 0.717) is 11.7 Å². The van der Waals surface area contributed by atoms with Crippen LogP contribution in [0.15, 0.2) is 29.1 Å². The van der Waals surface area contributed by atoms with Crippen LogP contribution in [0.2, 0.25) is 0 Å². The summed E-state index contributed by atoms with van der Waals surface area (Å²) < 4.78 is 5.08. The van der Waals surface area contributed by atoms with Crippen molar-refractivity contribution >= 4 is 0 Å². The van der Waals surface area contributed by atoms with Crippen molar-refractivity contribution in [1.29, 1.82) is 0 Å². The lowest BCUT2D eigenvalue weighted by atomic mass is 10.0. The first kappa shape index (κ1) is 9.78. The summed E-state index contributed by atoms with van der Waals surface area (Å²) >= 11 is 0. The Morgan fingerprint density at radius 2 is 1.85 bits per heavy atom. The van der Waals surface area contributed by atoms with Gasteiger partial charge in [0.05, 0.1) is 7.11 Å². The molecule has 0 fully saturated rings. The molecule has 13 heavy (non-hydrogen) atoms. The SMILES string of the molecule is COc1c(C(C)C)ccccc1=O. The number of hydrogen-bond acceptors (Lipinski definition) is 2. The quantitative estimate of drug-likeness (QED) is 0.693. The van der Waals surface area contributed by atoms with Gasteiger partial charge in [0.15, 0.2) is 5.75 Å². The topological polar surface area (TPSA) is 26.3 Å². The van der Waals surface area contributed by atoms with Crippen LogP contribution < -0.4 is 10.2 Å². The Morgan fingerprint density at radius 1 is 1.23 bits per heavy atom. The molecule has 0 bridgehead atoms. The van der Waals surface area contributed by atoms with Gasteiger partial charge in [0, 0.05) is 5.56 Å². The van der Waals surface area contributed by atoms with Gasteiger partial charge in [0.1, 0.15) is 0 Å². The third-order valence-corrected chi connectivity index (χ3v) is 1.95. The highest BCUT2D eigenvalue weighted by atomic mass is 16.5. The molecule has 1 aromatic rings. The number of ether oxygens (including phenoxy) is 1. The smallest absolute Gasteiger partial charge is 0.220 e.